The summed E-state index contributed by atoms with van der Waals surface area (Å²) in [4.78, 5) is 14.5. The standard InChI is InChI=1S/C13H16FN5O/c14-11-4-1-3-10-9(11)5-6-13(10,12(15)20)17-7-2-8-18-19-16/h1,3-4,17H,2,5-8H2,(H2,15,20). The first-order valence-corrected chi connectivity index (χ1v) is 6.45. The van der Waals surface area contributed by atoms with Crippen molar-refractivity contribution in [2.24, 2.45) is 10.8 Å². The lowest BCUT2D eigenvalue weighted by molar-refractivity contribution is -0.124. The largest absolute Gasteiger partial charge is 0.368 e. The van der Waals surface area contributed by atoms with E-state index in [2.05, 4.69) is 15.3 Å². The summed E-state index contributed by atoms with van der Waals surface area (Å²) < 4.78 is 13.8. The number of azide groups is 1. The highest BCUT2D eigenvalue weighted by Crippen LogP contribution is 2.37. The van der Waals surface area contributed by atoms with Crippen molar-refractivity contribution in [3.63, 3.8) is 0 Å². The van der Waals surface area contributed by atoms with Gasteiger partial charge in [0.25, 0.3) is 0 Å². The lowest BCUT2D eigenvalue weighted by atomic mass is 9.90. The zero-order valence-corrected chi connectivity index (χ0v) is 11.0. The molecule has 1 atom stereocenters. The fourth-order valence-corrected chi connectivity index (χ4v) is 2.68. The first-order chi connectivity index (χ1) is 9.62. The highest BCUT2D eigenvalue weighted by Gasteiger charge is 2.44. The van der Waals surface area contributed by atoms with Crippen LogP contribution in [-0.4, -0.2) is 19.0 Å². The SMILES string of the molecule is [N-]=[N+]=NCCCNC1(C(N)=O)CCc2c(F)cccc21. The molecule has 0 aliphatic heterocycles. The Hall–Kier alpha value is -2.11. The number of benzene rings is 1. The zero-order valence-electron chi connectivity index (χ0n) is 11.0. The molecule has 0 bridgehead atoms. The molecule has 0 saturated heterocycles. The van der Waals surface area contributed by atoms with E-state index < -0.39 is 11.4 Å². The van der Waals surface area contributed by atoms with E-state index in [4.69, 9.17) is 11.3 Å². The maximum absolute atomic E-state index is 13.8. The van der Waals surface area contributed by atoms with Gasteiger partial charge in [-0.15, -0.1) is 0 Å². The number of nitrogens with one attached hydrogen (secondary N) is 1. The molecule has 0 fully saturated rings. The Labute approximate surface area is 115 Å². The summed E-state index contributed by atoms with van der Waals surface area (Å²) in [5.74, 6) is -0.813. The van der Waals surface area contributed by atoms with E-state index in [1.165, 1.54) is 6.07 Å². The maximum Gasteiger partial charge on any atom is 0.242 e. The number of rotatable bonds is 6. The second kappa shape index (κ2) is 5.90. The fourth-order valence-electron chi connectivity index (χ4n) is 2.68. The molecule has 3 N–H and O–H groups in total. The number of fused-ring (bicyclic) bond motifs is 1. The monoisotopic (exact) mass is 277 g/mol. The van der Waals surface area contributed by atoms with Crippen LogP contribution in [-0.2, 0) is 16.8 Å². The van der Waals surface area contributed by atoms with Crippen LogP contribution in [0.4, 0.5) is 4.39 Å². The van der Waals surface area contributed by atoms with Crippen molar-refractivity contribution in [3.8, 4) is 0 Å². The molecule has 0 radical (unpaired) electrons. The molecule has 1 aromatic carbocycles. The molecule has 2 rings (SSSR count). The van der Waals surface area contributed by atoms with Gasteiger partial charge in [0.1, 0.15) is 11.4 Å². The maximum atomic E-state index is 13.8. The molecule has 1 aromatic rings. The Morgan fingerprint density at radius 3 is 3.10 bits per heavy atom. The molecule has 20 heavy (non-hydrogen) atoms. The number of nitrogens with two attached hydrogens (primary N) is 1. The highest BCUT2D eigenvalue weighted by atomic mass is 19.1. The van der Waals surface area contributed by atoms with Gasteiger partial charge in [-0.25, -0.2) is 4.39 Å². The van der Waals surface area contributed by atoms with Crippen LogP contribution in [0.2, 0.25) is 0 Å². The van der Waals surface area contributed by atoms with Gasteiger partial charge < -0.3 is 5.73 Å². The number of primary amides is 1. The topological polar surface area (TPSA) is 104 Å². The summed E-state index contributed by atoms with van der Waals surface area (Å²) in [6, 6.07) is 4.70. The van der Waals surface area contributed by atoms with Crippen molar-refractivity contribution in [1.82, 2.24) is 5.32 Å². The van der Waals surface area contributed by atoms with E-state index in [0.717, 1.165) is 0 Å². The van der Waals surface area contributed by atoms with Gasteiger partial charge in [0.05, 0.1) is 0 Å². The van der Waals surface area contributed by atoms with Crippen molar-refractivity contribution >= 4 is 5.91 Å². The van der Waals surface area contributed by atoms with E-state index >= 15 is 0 Å². The summed E-state index contributed by atoms with van der Waals surface area (Å²) in [6.07, 6.45) is 1.51. The van der Waals surface area contributed by atoms with Crippen LogP contribution in [0.3, 0.4) is 0 Å². The quantitative estimate of drug-likeness (QED) is 0.358. The minimum absolute atomic E-state index is 0.304. The molecule has 1 aliphatic rings. The first kappa shape index (κ1) is 14.3. The average molecular weight is 277 g/mol. The molecule has 1 unspecified atom stereocenters. The molecule has 0 saturated carbocycles. The predicted molar refractivity (Wildman–Crippen MR) is 72.2 cm³/mol. The van der Waals surface area contributed by atoms with Gasteiger partial charge in [0, 0.05) is 11.5 Å². The number of carbonyl (C=O) groups is 1. The molecule has 106 valence electrons. The lowest BCUT2D eigenvalue weighted by Gasteiger charge is -2.28. The third-order valence-corrected chi connectivity index (χ3v) is 3.67. The molecule has 6 nitrogen and oxygen atoms in total. The van der Waals surface area contributed by atoms with Gasteiger partial charge in [0.2, 0.25) is 5.91 Å². The van der Waals surface area contributed by atoms with Gasteiger partial charge >= 0.3 is 0 Å². The molecular formula is C13H16FN5O. The minimum atomic E-state index is -1.02. The lowest BCUT2D eigenvalue weighted by Crippen LogP contribution is -2.51. The summed E-state index contributed by atoms with van der Waals surface area (Å²) in [6.45, 7) is 0.812. The fraction of sp³-hybridized carbons (Fsp3) is 0.462. The first-order valence-electron chi connectivity index (χ1n) is 6.45. The van der Waals surface area contributed by atoms with Gasteiger partial charge in [-0.1, -0.05) is 17.2 Å². The third-order valence-electron chi connectivity index (χ3n) is 3.67. The highest BCUT2D eigenvalue weighted by molar-refractivity contribution is 5.87. The second-order valence-corrected chi connectivity index (χ2v) is 4.77. The zero-order chi connectivity index (χ0) is 14.6. The van der Waals surface area contributed by atoms with Gasteiger partial charge in [-0.3, -0.25) is 10.1 Å². The Bertz CT molecular complexity index is 570. The van der Waals surface area contributed by atoms with E-state index in [9.17, 15) is 9.18 Å². The van der Waals surface area contributed by atoms with Crippen molar-refractivity contribution < 1.29 is 9.18 Å². The molecule has 1 aliphatic carbocycles. The summed E-state index contributed by atoms with van der Waals surface area (Å²) in [5, 5.41) is 6.54. The smallest absolute Gasteiger partial charge is 0.242 e. The minimum Gasteiger partial charge on any atom is -0.368 e. The van der Waals surface area contributed by atoms with Crippen LogP contribution in [0.1, 0.15) is 24.0 Å². The molecule has 1 amide bonds. The van der Waals surface area contributed by atoms with E-state index in [1.807, 2.05) is 0 Å². The van der Waals surface area contributed by atoms with Crippen LogP contribution in [0.5, 0.6) is 0 Å². The third kappa shape index (κ3) is 2.45. The van der Waals surface area contributed by atoms with Crippen LogP contribution in [0.25, 0.3) is 10.4 Å². The molecule has 0 aromatic heterocycles. The van der Waals surface area contributed by atoms with Crippen molar-refractivity contribution in [3.05, 3.63) is 45.6 Å². The Morgan fingerprint density at radius 1 is 1.60 bits per heavy atom. The number of nitrogens with zero attached hydrogens (tertiary/aromatic N) is 3. The molecule has 0 spiro atoms. The number of carbonyl (C=O) groups excluding carboxylic acids is 1. The van der Waals surface area contributed by atoms with Crippen LogP contribution in [0, 0.1) is 5.82 Å². The normalized spacial score (nSPS) is 20.2. The Morgan fingerprint density at radius 2 is 2.40 bits per heavy atom. The number of hydrogen-bond donors (Lipinski definition) is 2. The number of amides is 1. The Balaban J connectivity index is 2.19. The van der Waals surface area contributed by atoms with Crippen LogP contribution < -0.4 is 11.1 Å². The second-order valence-electron chi connectivity index (χ2n) is 4.77. The van der Waals surface area contributed by atoms with E-state index in [-0.39, 0.29) is 5.82 Å². The van der Waals surface area contributed by atoms with Crippen molar-refractivity contribution in [2.75, 3.05) is 13.1 Å². The Kier molecular flexibility index (Phi) is 4.22. The number of hydrogen-bond acceptors (Lipinski definition) is 3. The average Bonchev–Trinajstić information content (AvgIpc) is 2.80. The van der Waals surface area contributed by atoms with Crippen LogP contribution in [0.15, 0.2) is 23.3 Å². The van der Waals surface area contributed by atoms with Gasteiger partial charge in [-0.05, 0) is 48.5 Å². The van der Waals surface area contributed by atoms with Crippen LogP contribution >= 0.6 is 0 Å². The summed E-state index contributed by atoms with van der Waals surface area (Å²) in [7, 11) is 0. The van der Waals surface area contributed by atoms with E-state index in [1.54, 1.807) is 12.1 Å². The summed E-state index contributed by atoms with van der Waals surface area (Å²) >= 11 is 0. The summed E-state index contributed by atoms with van der Waals surface area (Å²) in [5.41, 5.74) is 13.9. The van der Waals surface area contributed by atoms with E-state index in [0.29, 0.717) is 43.5 Å². The van der Waals surface area contributed by atoms with Crippen molar-refractivity contribution in [2.45, 2.75) is 24.8 Å². The predicted octanol–water partition coefficient (Wildman–Crippen LogP) is 1.74. The molecule has 0 heterocycles. The van der Waals surface area contributed by atoms with Crippen molar-refractivity contribution in [1.29, 1.82) is 0 Å². The molecule has 7 heteroatoms. The molecular weight excluding hydrogens is 261 g/mol. The van der Waals surface area contributed by atoms with Gasteiger partial charge in [-0.2, -0.15) is 0 Å². The van der Waals surface area contributed by atoms with Gasteiger partial charge in [0.15, 0.2) is 0 Å². The number of halogens is 1.